The van der Waals surface area contributed by atoms with Crippen molar-refractivity contribution in [1.29, 1.82) is 0 Å². The second-order valence-electron chi connectivity index (χ2n) is 5.40. The monoisotopic (exact) mass is 313 g/mol. The molecule has 7 nitrogen and oxygen atoms in total. The first-order valence-electron chi connectivity index (χ1n) is 7.54. The highest BCUT2D eigenvalue weighted by atomic mass is 16.3. The average molecular weight is 313 g/mol. The number of anilines is 2. The quantitative estimate of drug-likeness (QED) is 0.789. The van der Waals surface area contributed by atoms with Crippen LogP contribution in [0.2, 0.25) is 0 Å². The van der Waals surface area contributed by atoms with E-state index < -0.39 is 0 Å². The van der Waals surface area contributed by atoms with Gasteiger partial charge in [0.05, 0.1) is 11.4 Å². The maximum Gasteiger partial charge on any atom is 0.222 e. The maximum absolute atomic E-state index is 11.4. The van der Waals surface area contributed by atoms with Crippen molar-refractivity contribution >= 4 is 17.4 Å². The Balaban J connectivity index is 2.03. The van der Waals surface area contributed by atoms with Gasteiger partial charge in [0.25, 0.3) is 0 Å². The summed E-state index contributed by atoms with van der Waals surface area (Å²) in [6.45, 7) is 4.82. The van der Waals surface area contributed by atoms with Crippen molar-refractivity contribution in [2.75, 3.05) is 36.4 Å². The van der Waals surface area contributed by atoms with E-state index in [0.29, 0.717) is 17.1 Å². The molecule has 1 aromatic carbocycles. The van der Waals surface area contributed by atoms with Gasteiger partial charge in [0.1, 0.15) is 5.75 Å². The van der Waals surface area contributed by atoms with Gasteiger partial charge in [-0.1, -0.05) is 12.1 Å². The molecule has 23 heavy (non-hydrogen) atoms. The fourth-order valence-electron chi connectivity index (χ4n) is 2.61. The van der Waals surface area contributed by atoms with Crippen molar-refractivity contribution in [3.05, 3.63) is 30.3 Å². The molecule has 1 aliphatic rings. The van der Waals surface area contributed by atoms with E-state index in [-0.39, 0.29) is 11.7 Å². The van der Waals surface area contributed by atoms with Crippen molar-refractivity contribution in [2.24, 2.45) is 0 Å². The fourth-order valence-corrected chi connectivity index (χ4v) is 2.61. The van der Waals surface area contributed by atoms with Crippen molar-refractivity contribution in [3.63, 3.8) is 0 Å². The summed E-state index contributed by atoms with van der Waals surface area (Å²) in [5.74, 6) is 0.407. The third-order valence-electron chi connectivity index (χ3n) is 3.71. The van der Waals surface area contributed by atoms with Crippen LogP contribution in [0.3, 0.4) is 0 Å². The van der Waals surface area contributed by atoms with Crippen LogP contribution < -0.4 is 15.5 Å². The van der Waals surface area contributed by atoms with Crippen molar-refractivity contribution < 1.29 is 9.90 Å². The molecule has 1 aliphatic heterocycles. The molecule has 0 spiro atoms. The zero-order chi connectivity index (χ0) is 16.2. The predicted molar refractivity (Wildman–Crippen MR) is 88.5 cm³/mol. The van der Waals surface area contributed by atoms with E-state index in [4.69, 9.17) is 0 Å². The number of hydrogen-bond acceptors (Lipinski definition) is 6. The number of nitrogens with one attached hydrogen (secondary N) is 2. The smallest absolute Gasteiger partial charge is 0.222 e. The number of amides is 1. The summed E-state index contributed by atoms with van der Waals surface area (Å²) in [6.07, 6.45) is 0. The molecule has 120 valence electrons. The molecule has 1 aromatic heterocycles. The van der Waals surface area contributed by atoms with Crippen LogP contribution in [0.15, 0.2) is 30.3 Å². The van der Waals surface area contributed by atoms with E-state index >= 15 is 0 Å². The zero-order valence-electron chi connectivity index (χ0n) is 12.9. The first kappa shape index (κ1) is 15.2. The normalized spacial score (nSPS) is 14.6. The number of benzene rings is 1. The molecule has 3 N–H and O–H groups in total. The Labute approximate surface area is 134 Å². The van der Waals surface area contributed by atoms with Gasteiger partial charge in [0.15, 0.2) is 5.82 Å². The van der Waals surface area contributed by atoms with E-state index in [1.54, 1.807) is 18.2 Å². The molecule has 1 fully saturated rings. The van der Waals surface area contributed by atoms with Crippen LogP contribution in [0.5, 0.6) is 5.75 Å². The van der Waals surface area contributed by atoms with Crippen LogP contribution in [0.4, 0.5) is 11.5 Å². The summed E-state index contributed by atoms with van der Waals surface area (Å²) in [4.78, 5) is 13.6. The van der Waals surface area contributed by atoms with Gasteiger partial charge in [-0.2, -0.15) is 0 Å². The van der Waals surface area contributed by atoms with E-state index in [1.807, 2.05) is 12.1 Å². The number of phenolic OH excluding ortho intramolecular Hbond substituents is 1. The Morgan fingerprint density at radius 3 is 2.70 bits per heavy atom. The number of piperazine rings is 1. The lowest BCUT2D eigenvalue weighted by atomic mass is 10.1. The largest absolute Gasteiger partial charge is 0.507 e. The third-order valence-corrected chi connectivity index (χ3v) is 3.71. The number of hydrogen-bond donors (Lipinski definition) is 3. The number of rotatable bonds is 3. The highest BCUT2D eigenvalue weighted by molar-refractivity contribution is 5.91. The van der Waals surface area contributed by atoms with Gasteiger partial charge in [0.2, 0.25) is 5.91 Å². The standard InChI is InChI=1S/C16H19N5O2/c1-11(22)18-16-14(21-8-6-17-7-9-21)10-13(19-20-16)12-4-2-3-5-15(12)23/h2-5,10,17,23H,6-9H2,1H3,(H,18,20,22). The zero-order valence-corrected chi connectivity index (χ0v) is 12.9. The van der Waals surface area contributed by atoms with E-state index in [0.717, 1.165) is 31.9 Å². The number of para-hydroxylation sites is 1. The summed E-state index contributed by atoms with van der Waals surface area (Å²) < 4.78 is 0. The summed E-state index contributed by atoms with van der Waals surface area (Å²) in [6, 6.07) is 8.86. The van der Waals surface area contributed by atoms with Crippen molar-refractivity contribution in [1.82, 2.24) is 15.5 Å². The Morgan fingerprint density at radius 2 is 2.00 bits per heavy atom. The Kier molecular flexibility index (Phi) is 4.38. The first-order valence-corrected chi connectivity index (χ1v) is 7.54. The fraction of sp³-hybridized carbons (Fsp3) is 0.312. The van der Waals surface area contributed by atoms with Gasteiger partial charge in [-0.15, -0.1) is 10.2 Å². The lowest BCUT2D eigenvalue weighted by Gasteiger charge is -2.30. The van der Waals surface area contributed by atoms with Crippen LogP contribution in [0.25, 0.3) is 11.3 Å². The highest BCUT2D eigenvalue weighted by Crippen LogP contribution is 2.32. The molecule has 3 rings (SSSR count). The molecule has 0 bridgehead atoms. The van der Waals surface area contributed by atoms with Crippen molar-refractivity contribution in [2.45, 2.75) is 6.92 Å². The third kappa shape index (κ3) is 3.40. The molecule has 0 radical (unpaired) electrons. The van der Waals surface area contributed by atoms with E-state index in [1.165, 1.54) is 6.92 Å². The van der Waals surface area contributed by atoms with Crippen LogP contribution in [-0.4, -0.2) is 47.4 Å². The van der Waals surface area contributed by atoms with Gasteiger partial charge < -0.3 is 20.6 Å². The molecule has 0 atom stereocenters. The van der Waals surface area contributed by atoms with Crippen LogP contribution in [-0.2, 0) is 4.79 Å². The Morgan fingerprint density at radius 1 is 1.26 bits per heavy atom. The van der Waals surface area contributed by atoms with Gasteiger partial charge in [0, 0.05) is 38.7 Å². The summed E-state index contributed by atoms with van der Waals surface area (Å²) in [7, 11) is 0. The van der Waals surface area contributed by atoms with Gasteiger partial charge in [-0.3, -0.25) is 4.79 Å². The molecular formula is C16H19N5O2. The van der Waals surface area contributed by atoms with Gasteiger partial charge in [-0.25, -0.2) is 0 Å². The molecule has 0 saturated carbocycles. The molecular weight excluding hydrogens is 294 g/mol. The minimum atomic E-state index is -0.189. The first-order chi connectivity index (χ1) is 11.1. The summed E-state index contributed by atoms with van der Waals surface area (Å²) in [5.41, 5.74) is 2.01. The molecule has 2 heterocycles. The minimum absolute atomic E-state index is 0.153. The van der Waals surface area contributed by atoms with Gasteiger partial charge >= 0.3 is 0 Å². The molecule has 1 amide bonds. The van der Waals surface area contributed by atoms with Crippen molar-refractivity contribution in [3.8, 4) is 17.0 Å². The van der Waals surface area contributed by atoms with Crippen LogP contribution >= 0.6 is 0 Å². The van der Waals surface area contributed by atoms with E-state index in [9.17, 15) is 9.90 Å². The molecule has 0 aliphatic carbocycles. The summed E-state index contributed by atoms with van der Waals surface area (Å²) in [5, 5.41) is 24.3. The lowest BCUT2D eigenvalue weighted by Crippen LogP contribution is -2.44. The molecule has 7 heteroatoms. The number of phenols is 1. The second-order valence-corrected chi connectivity index (χ2v) is 5.40. The minimum Gasteiger partial charge on any atom is -0.507 e. The number of carbonyl (C=O) groups excluding carboxylic acids is 1. The summed E-state index contributed by atoms with van der Waals surface area (Å²) >= 11 is 0. The number of nitrogens with zero attached hydrogens (tertiary/aromatic N) is 3. The SMILES string of the molecule is CC(=O)Nc1nnc(-c2ccccc2O)cc1N1CCNCC1. The molecule has 0 unspecified atom stereocenters. The Bertz CT molecular complexity index is 713. The average Bonchev–Trinajstić information content (AvgIpc) is 2.56. The van der Waals surface area contributed by atoms with Gasteiger partial charge in [-0.05, 0) is 18.2 Å². The molecule has 1 saturated heterocycles. The predicted octanol–water partition coefficient (Wildman–Crippen LogP) is 1.22. The number of aromatic nitrogens is 2. The Hall–Kier alpha value is -2.67. The topological polar surface area (TPSA) is 90.4 Å². The lowest BCUT2D eigenvalue weighted by molar-refractivity contribution is -0.114. The molecule has 2 aromatic rings. The second kappa shape index (κ2) is 6.62. The van der Waals surface area contributed by atoms with Crippen LogP contribution in [0, 0.1) is 0 Å². The number of carbonyl (C=O) groups is 1. The highest BCUT2D eigenvalue weighted by Gasteiger charge is 2.18. The number of aromatic hydroxyl groups is 1. The maximum atomic E-state index is 11.4. The van der Waals surface area contributed by atoms with E-state index in [2.05, 4.69) is 25.7 Å². The van der Waals surface area contributed by atoms with Crippen LogP contribution in [0.1, 0.15) is 6.92 Å².